The Morgan fingerprint density at radius 3 is 2.45 bits per heavy atom. The molecule has 0 aliphatic heterocycles. The molecule has 1 aliphatic rings. The molecule has 4 nitrogen and oxygen atoms in total. The Kier molecular flexibility index (Phi) is 4.82. The van der Waals surface area contributed by atoms with Gasteiger partial charge in [0.2, 0.25) is 0 Å². The van der Waals surface area contributed by atoms with E-state index in [1.807, 2.05) is 0 Å². The third-order valence-corrected chi connectivity index (χ3v) is 6.33. The summed E-state index contributed by atoms with van der Waals surface area (Å²) in [5, 5.41) is 0.386. The second-order valence-electron chi connectivity index (χ2n) is 7.01. The van der Waals surface area contributed by atoms with Crippen molar-refractivity contribution < 1.29 is 26.9 Å². The van der Waals surface area contributed by atoms with Crippen LogP contribution < -0.4 is 4.72 Å². The highest BCUT2D eigenvalue weighted by atomic mass is 32.2. The lowest BCUT2D eigenvalue weighted by Gasteiger charge is -2.11. The van der Waals surface area contributed by atoms with Gasteiger partial charge in [-0.3, -0.25) is 4.79 Å². The number of amides is 1. The van der Waals surface area contributed by atoms with Crippen molar-refractivity contribution in [3.8, 4) is 11.1 Å². The van der Waals surface area contributed by atoms with Gasteiger partial charge >= 0.3 is 6.18 Å². The van der Waals surface area contributed by atoms with Gasteiger partial charge in [-0.1, -0.05) is 12.1 Å². The summed E-state index contributed by atoms with van der Waals surface area (Å²) in [5.41, 5.74) is 0.573. The van der Waals surface area contributed by atoms with Crippen molar-refractivity contribution in [1.82, 2.24) is 9.29 Å². The number of rotatable bonds is 4. The first-order chi connectivity index (χ1) is 13.6. The maximum atomic E-state index is 14.6. The predicted molar refractivity (Wildman–Crippen MR) is 102 cm³/mol. The molecular formula is C20H16F4N2O2S. The number of aryl methyl sites for hydroxylation is 1. The number of carbonyl (C=O) groups is 1. The van der Waals surface area contributed by atoms with Gasteiger partial charge in [-0.25, -0.2) is 4.39 Å². The summed E-state index contributed by atoms with van der Waals surface area (Å²) in [6.07, 6.45) is -1.24. The summed E-state index contributed by atoms with van der Waals surface area (Å²) in [6.45, 7) is 0. The van der Waals surface area contributed by atoms with E-state index in [2.05, 4.69) is 4.72 Å². The fourth-order valence-corrected chi connectivity index (χ4v) is 4.18. The lowest BCUT2D eigenvalue weighted by molar-refractivity contribution is -0.137. The number of benzene rings is 2. The molecule has 1 N–H and O–H groups in total. The topological polar surface area (TPSA) is 57.1 Å². The molecule has 0 radical (unpaired) electrons. The Bertz CT molecular complexity index is 1090. The first-order valence-corrected chi connectivity index (χ1v) is 10.0. The number of halogens is 4. The van der Waals surface area contributed by atoms with Crippen LogP contribution in [0.3, 0.4) is 0 Å². The van der Waals surface area contributed by atoms with Crippen molar-refractivity contribution in [2.45, 2.75) is 24.3 Å². The van der Waals surface area contributed by atoms with E-state index in [4.69, 9.17) is 0 Å². The lowest BCUT2D eigenvalue weighted by Crippen LogP contribution is -2.33. The third kappa shape index (κ3) is 3.84. The van der Waals surface area contributed by atoms with E-state index in [1.165, 1.54) is 24.3 Å². The van der Waals surface area contributed by atoms with Crippen molar-refractivity contribution in [3.63, 3.8) is 0 Å². The number of fused-ring (bicyclic) bond motifs is 1. The van der Waals surface area contributed by atoms with Gasteiger partial charge in [-0.2, -0.15) is 17.9 Å². The molecule has 1 atom stereocenters. The molecule has 0 spiro atoms. The lowest BCUT2D eigenvalue weighted by atomic mass is 10.0. The molecular weight excluding hydrogens is 408 g/mol. The minimum Gasteiger partial charge on any atom is -0.593 e. The van der Waals surface area contributed by atoms with Crippen LogP contribution in [0.5, 0.6) is 0 Å². The first-order valence-electron chi connectivity index (χ1n) is 8.83. The molecule has 3 aromatic rings. The van der Waals surface area contributed by atoms with Gasteiger partial charge in [0.1, 0.15) is 11.1 Å². The summed E-state index contributed by atoms with van der Waals surface area (Å²) >= 11 is -1.54. The van der Waals surface area contributed by atoms with E-state index in [0.717, 1.165) is 25.0 Å². The zero-order valence-corrected chi connectivity index (χ0v) is 16.0. The Labute approximate surface area is 166 Å². The average molecular weight is 424 g/mol. The Balaban J connectivity index is 1.71. The van der Waals surface area contributed by atoms with Crippen LogP contribution in [0.15, 0.2) is 42.6 Å². The number of hydrogen-bond donors (Lipinski definition) is 1. The molecule has 1 saturated carbocycles. The van der Waals surface area contributed by atoms with E-state index in [9.17, 15) is 26.9 Å². The third-order valence-electron chi connectivity index (χ3n) is 4.87. The molecule has 1 amide bonds. The molecule has 9 heteroatoms. The van der Waals surface area contributed by atoms with Gasteiger partial charge < -0.3 is 9.12 Å². The fourth-order valence-electron chi connectivity index (χ4n) is 3.16. The van der Waals surface area contributed by atoms with Crippen LogP contribution in [0, 0.1) is 5.82 Å². The number of hydrogen-bond acceptors (Lipinski definition) is 2. The average Bonchev–Trinajstić information content (AvgIpc) is 3.46. The monoisotopic (exact) mass is 424 g/mol. The summed E-state index contributed by atoms with van der Waals surface area (Å²) in [7, 11) is 1.69. The van der Waals surface area contributed by atoms with Gasteiger partial charge in [0.25, 0.3) is 5.91 Å². The number of aromatic nitrogens is 1. The SMILES string of the molecule is Cn1cc(-c2ccc(C(F)(F)F)cc2)c2cc(F)c(C(=O)N[S+]([O-])C3CC3)cc21. The van der Waals surface area contributed by atoms with E-state index >= 15 is 0 Å². The summed E-state index contributed by atoms with van der Waals surface area (Å²) < 4.78 is 68.9. The minimum atomic E-state index is -4.44. The fraction of sp³-hybridized carbons (Fsp3) is 0.250. The maximum Gasteiger partial charge on any atom is 0.416 e. The van der Waals surface area contributed by atoms with Crippen LogP contribution in [-0.2, 0) is 24.6 Å². The van der Waals surface area contributed by atoms with Crippen LogP contribution in [0.1, 0.15) is 28.8 Å². The van der Waals surface area contributed by atoms with Gasteiger partial charge in [0.05, 0.1) is 22.5 Å². The van der Waals surface area contributed by atoms with E-state index in [-0.39, 0.29) is 10.8 Å². The number of nitrogens with zero attached hydrogens (tertiary/aromatic N) is 1. The smallest absolute Gasteiger partial charge is 0.416 e. The first kappa shape index (κ1) is 19.8. The number of nitrogens with one attached hydrogen (secondary N) is 1. The van der Waals surface area contributed by atoms with Gasteiger partial charge in [-0.05, 0) is 29.8 Å². The second kappa shape index (κ2) is 7.07. The van der Waals surface area contributed by atoms with Crippen LogP contribution in [-0.4, -0.2) is 20.3 Å². The predicted octanol–water partition coefficient (Wildman–Crippen LogP) is 4.56. The molecule has 1 aliphatic carbocycles. The highest BCUT2D eigenvalue weighted by Crippen LogP contribution is 2.35. The Morgan fingerprint density at radius 1 is 1.21 bits per heavy atom. The zero-order chi connectivity index (χ0) is 20.9. The van der Waals surface area contributed by atoms with Crippen molar-refractivity contribution in [2.75, 3.05) is 0 Å². The molecule has 1 aromatic heterocycles. The van der Waals surface area contributed by atoms with Crippen molar-refractivity contribution in [1.29, 1.82) is 0 Å². The number of alkyl halides is 3. The largest absolute Gasteiger partial charge is 0.593 e. The van der Waals surface area contributed by atoms with E-state index < -0.39 is 34.8 Å². The van der Waals surface area contributed by atoms with Crippen LogP contribution >= 0.6 is 0 Å². The molecule has 2 aromatic carbocycles. The molecule has 1 unspecified atom stereocenters. The summed E-state index contributed by atoms with van der Waals surface area (Å²) in [5.74, 6) is -1.55. The van der Waals surface area contributed by atoms with E-state index in [0.29, 0.717) is 22.0 Å². The highest BCUT2D eigenvalue weighted by Gasteiger charge is 2.37. The Hall–Kier alpha value is -2.52. The van der Waals surface area contributed by atoms with Gasteiger partial charge in [-0.15, -0.1) is 0 Å². The molecule has 0 bridgehead atoms. The van der Waals surface area contributed by atoms with Gasteiger partial charge in [0, 0.05) is 42.6 Å². The number of carbonyl (C=O) groups excluding carboxylic acids is 1. The van der Waals surface area contributed by atoms with Crippen LogP contribution in [0.2, 0.25) is 0 Å². The standard InChI is InChI=1S/C20H16F4N2O2S/c1-26-10-16(11-2-4-12(5-3-11)20(22,23)24)14-8-17(21)15(9-18(14)26)19(27)25-29(28)13-6-7-13/h2-5,8-10,13H,6-7H2,1H3,(H,25,27). The zero-order valence-electron chi connectivity index (χ0n) is 15.2. The van der Waals surface area contributed by atoms with Gasteiger partial charge in [0.15, 0.2) is 0 Å². The van der Waals surface area contributed by atoms with Crippen LogP contribution in [0.25, 0.3) is 22.0 Å². The second-order valence-corrected chi connectivity index (χ2v) is 8.47. The van der Waals surface area contributed by atoms with E-state index in [1.54, 1.807) is 17.8 Å². The quantitative estimate of drug-likeness (QED) is 0.493. The molecule has 4 rings (SSSR count). The normalized spacial score (nSPS) is 15.5. The maximum absolute atomic E-state index is 14.6. The molecule has 1 heterocycles. The minimum absolute atomic E-state index is 0.0768. The summed E-state index contributed by atoms with van der Waals surface area (Å²) in [4.78, 5) is 12.3. The molecule has 29 heavy (non-hydrogen) atoms. The molecule has 1 fully saturated rings. The molecule has 0 saturated heterocycles. The van der Waals surface area contributed by atoms with Crippen molar-refractivity contribution in [2.24, 2.45) is 7.05 Å². The Morgan fingerprint density at radius 2 is 1.86 bits per heavy atom. The van der Waals surface area contributed by atoms with Crippen molar-refractivity contribution in [3.05, 3.63) is 59.5 Å². The summed E-state index contributed by atoms with van der Waals surface area (Å²) in [6, 6.07) is 7.14. The van der Waals surface area contributed by atoms with Crippen molar-refractivity contribution >= 4 is 28.2 Å². The highest BCUT2D eigenvalue weighted by molar-refractivity contribution is 7.91. The molecule has 152 valence electrons. The van der Waals surface area contributed by atoms with Crippen LogP contribution in [0.4, 0.5) is 17.6 Å².